The summed E-state index contributed by atoms with van der Waals surface area (Å²) < 4.78 is 50.9. The number of carbonyl (C=O) groups is 1. The molecule has 3 heterocycles. The molecule has 4 aliphatic rings. The number of aryl methyl sites for hydroxylation is 1. The molecule has 0 radical (unpaired) electrons. The molecule has 1 amide bonds. The minimum atomic E-state index is -4.57. The molecule has 8 nitrogen and oxygen atoms in total. The zero-order valence-electron chi connectivity index (χ0n) is 25.3. The first-order chi connectivity index (χ1) is 21.0. The molecule has 1 saturated heterocycles. The van der Waals surface area contributed by atoms with Crippen LogP contribution in [0.4, 0.5) is 24.5 Å². The number of hydrogen-bond donors (Lipinski definition) is 2. The summed E-state index contributed by atoms with van der Waals surface area (Å²) in [5.41, 5.74) is 1.90. The molecular weight excluding hydrogens is 569 g/mol. The Morgan fingerprint density at radius 2 is 1.84 bits per heavy atom. The Balaban J connectivity index is 1.25. The van der Waals surface area contributed by atoms with Crippen LogP contribution < -0.4 is 15.5 Å². The van der Waals surface area contributed by atoms with Crippen LogP contribution >= 0.6 is 0 Å². The number of aromatic nitrogens is 3. The maximum Gasteiger partial charge on any atom is 0.416 e. The van der Waals surface area contributed by atoms with Gasteiger partial charge in [-0.3, -0.25) is 4.79 Å². The van der Waals surface area contributed by atoms with E-state index in [1.807, 2.05) is 23.7 Å². The number of anilines is 2. The number of fused-ring (bicyclic) bond motifs is 1. The van der Waals surface area contributed by atoms with Crippen molar-refractivity contribution >= 4 is 17.3 Å². The second-order valence-corrected chi connectivity index (χ2v) is 13.5. The summed E-state index contributed by atoms with van der Waals surface area (Å²) in [5, 5.41) is 15.4. The maximum absolute atomic E-state index is 14.4. The number of ether oxygens (including phenoxy) is 1. The Labute approximate surface area is 255 Å². The number of rotatable bonds is 9. The molecule has 2 aliphatic carbocycles. The van der Waals surface area contributed by atoms with Gasteiger partial charge in [0.1, 0.15) is 12.2 Å². The predicted octanol–water partition coefficient (Wildman–Crippen LogP) is 5.89. The highest BCUT2D eigenvalue weighted by Gasteiger charge is 2.44. The van der Waals surface area contributed by atoms with Crippen molar-refractivity contribution in [3.05, 3.63) is 70.3 Å². The van der Waals surface area contributed by atoms with E-state index in [2.05, 4.69) is 33.8 Å². The molecule has 3 aromatic rings. The van der Waals surface area contributed by atoms with E-state index in [9.17, 15) is 18.0 Å². The lowest BCUT2D eigenvalue weighted by molar-refractivity contribution is -0.138. The van der Waals surface area contributed by atoms with E-state index in [0.717, 1.165) is 62.0 Å². The predicted molar refractivity (Wildman–Crippen MR) is 161 cm³/mol. The summed E-state index contributed by atoms with van der Waals surface area (Å²) in [4.78, 5) is 15.5. The van der Waals surface area contributed by atoms with Gasteiger partial charge >= 0.3 is 6.18 Å². The lowest BCUT2D eigenvalue weighted by atomic mass is 9.75. The number of halogens is 3. The molecule has 2 saturated carbocycles. The van der Waals surface area contributed by atoms with Crippen LogP contribution in [0.2, 0.25) is 0 Å². The molecule has 2 N–H and O–H groups in total. The van der Waals surface area contributed by atoms with Crippen LogP contribution in [-0.4, -0.2) is 45.5 Å². The van der Waals surface area contributed by atoms with Gasteiger partial charge in [0.2, 0.25) is 0 Å². The average molecular weight is 609 g/mol. The molecule has 3 fully saturated rings. The Morgan fingerprint density at radius 3 is 2.45 bits per heavy atom. The minimum Gasteiger partial charge on any atom is -0.382 e. The molecular formula is C33H39F3N6O2. The normalized spacial score (nSPS) is 20.8. The lowest BCUT2D eigenvalue weighted by Gasteiger charge is -2.42. The smallest absolute Gasteiger partial charge is 0.382 e. The van der Waals surface area contributed by atoms with E-state index in [1.165, 1.54) is 11.0 Å². The fourth-order valence-electron chi connectivity index (χ4n) is 7.18. The lowest BCUT2D eigenvalue weighted by Crippen LogP contribution is -2.49. The van der Waals surface area contributed by atoms with Crippen LogP contribution in [0, 0.1) is 0 Å². The number of alkyl halides is 3. The van der Waals surface area contributed by atoms with Crippen LogP contribution in [0.3, 0.4) is 0 Å². The van der Waals surface area contributed by atoms with Crippen molar-refractivity contribution < 1.29 is 22.7 Å². The molecule has 1 aromatic heterocycles. The van der Waals surface area contributed by atoms with E-state index >= 15 is 0 Å². The van der Waals surface area contributed by atoms with Gasteiger partial charge in [-0.05, 0) is 86.1 Å². The number of nitrogens with one attached hydrogen (secondary N) is 2. The quantitative estimate of drug-likeness (QED) is 0.315. The van der Waals surface area contributed by atoms with Crippen molar-refractivity contribution in [2.75, 3.05) is 23.4 Å². The molecule has 11 heteroatoms. The van der Waals surface area contributed by atoms with Crippen molar-refractivity contribution in [2.45, 2.75) is 94.6 Å². The second-order valence-electron chi connectivity index (χ2n) is 13.5. The van der Waals surface area contributed by atoms with Crippen LogP contribution in [0.25, 0.3) is 0 Å². The summed E-state index contributed by atoms with van der Waals surface area (Å²) in [6.07, 6.45) is 5.22. The van der Waals surface area contributed by atoms with Gasteiger partial charge in [-0.1, -0.05) is 12.8 Å². The summed E-state index contributed by atoms with van der Waals surface area (Å²) in [5.74, 6) is 0.416. The van der Waals surface area contributed by atoms with Crippen molar-refractivity contribution in [3.8, 4) is 0 Å². The van der Waals surface area contributed by atoms with Gasteiger partial charge in [0.15, 0.2) is 0 Å². The van der Waals surface area contributed by atoms with Crippen molar-refractivity contribution in [2.24, 2.45) is 7.05 Å². The van der Waals surface area contributed by atoms with Crippen LogP contribution in [0.5, 0.6) is 0 Å². The third kappa shape index (κ3) is 5.38. The zero-order chi connectivity index (χ0) is 30.7. The summed E-state index contributed by atoms with van der Waals surface area (Å²) in [6, 6.07) is 9.17. The summed E-state index contributed by atoms with van der Waals surface area (Å²) >= 11 is 0. The van der Waals surface area contributed by atoms with E-state index in [1.54, 1.807) is 12.4 Å². The monoisotopic (exact) mass is 608 g/mol. The topological polar surface area (TPSA) is 84.3 Å². The molecule has 0 spiro atoms. The van der Waals surface area contributed by atoms with Crippen LogP contribution in [0.15, 0.2) is 36.7 Å². The molecule has 234 valence electrons. The van der Waals surface area contributed by atoms with Gasteiger partial charge in [-0.15, -0.1) is 10.2 Å². The first kappa shape index (κ1) is 29.3. The first-order valence-electron chi connectivity index (χ1n) is 15.6. The third-order valence-corrected chi connectivity index (χ3v) is 10.2. The standard InChI is InChI=1S/C33H39F3N6O2/c1-31(8-5-9-31)37-16-21-10-26-27(28(11-21)33(34,35)36)17-42(30(26)43)25-13-22(12-24(14-25)39-23-6-3-4-7-23)32(18-44-19-32)15-29-40-38-20-41(29)2/h10-14,20,23,37,39H,3-9,15-19H2,1-2H3. The molecule has 0 bridgehead atoms. The highest BCUT2D eigenvalue weighted by Crippen LogP contribution is 2.43. The fourth-order valence-corrected chi connectivity index (χ4v) is 7.18. The van der Waals surface area contributed by atoms with Gasteiger partial charge in [-0.25, -0.2) is 0 Å². The molecule has 44 heavy (non-hydrogen) atoms. The summed E-state index contributed by atoms with van der Waals surface area (Å²) in [6.45, 7) is 3.21. The Kier molecular flexibility index (Phi) is 7.23. The number of nitrogens with zero attached hydrogens (tertiary/aromatic N) is 4. The number of amides is 1. The van der Waals surface area contributed by atoms with E-state index < -0.39 is 17.6 Å². The SMILES string of the molecule is Cn1cnnc1CC1(c2cc(NC3CCCC3)cc(N3Cc4c(cc(CNC5(C)CCC5)cc4C(F)(F)F)C3=O)c2)COC1. The van der Waals surface area contributed by atoms with Gasteiger partial charge in [0.25, 0.3) is 5.91 Å². The van der Waals surface area contributed by atoms with Crippen molar-refractivity contribution in [3.63, 3.8) is 0 Å². The maximum atomic E-state index is 14.4. The third-order valence-electron chi connectivity index (χ3n) is 10.2. The largest absolute Gasteiger partial charge is 0.416 e. The van der Waals surface area contributed by atoms with E-state index in [4.69, 9.17) is 4.74 Å². The highest BCUT2D eigenvalue weighted by molar-refractivity contribution is 6.10. The van der Waals surface area contributed by atoms with Gasteiger partial charge in [-0.2, -0.15) is 13.2 Å². The molecule has 0 unspecified atom stereocenters. The van der Waals surface area contributed by atoms with Gasteiger partial charge in [0.05, 0.1) is 25.3 Å². The number of benzene rings is 2. The Hall–Kier alpha value is -3.44. The molecule has 2 aliphatic heterocycles. The number of carbonyl (C=O) groups excluding carboxylic acids is 1. The van der Waals surface area contributed by atoms with E-state index in [0.29, 0.717) is 36.9 Å². The Bertz CT molecular complexity index is 1570. The average Bonchev–Trinajstić information content (AvgIpc) is 3.68. The van der Waals surface area contributed by atoms with Crippen LogP contribution in [-0.2, 0) is 42.9 Å². The molecule has 0 atom stereocenters. The minimum absolute atomic E-state index is 0.0394. The summed E-state index contributed by atoms with van der Waals surface area (Å²) in [7, 11) is 1.90. The second kappa shape index (κ2) is 10.9. The first-order valence-corrected chi connectivity index (χ1v) is 15.6. The Morgan fingerprint density at radius 1 is 1.07 bits per heavy atom. The van der Waals surface area contributed by atoms with Gasteiger partial charge in [0, 0.05) is 53.9 Å². The molecule has 2 aromatic carbocycles. The van der Waals surface area contributed by atoms with Crippen molar-refractivity contribution in [1.29, 1.82) is 0 Å². The van der Waals surface area contributed by atoms with Crippen molar-refractivity contribution in [1.82, 2.24) is 20.1 Å². The van der Waals surface area contributed by atoms with Crippen LogP contribution in [0.1, 0.15) is 90.3 Å². The van der Waals surface area contributed by atoms with Gasteiger partial charge < -0.3 is 24.8 Å². The highest BCUT2D eigenvalue weighted by atomic mass is 19.4. The zero-order valence-corrected chi connectivity index (χ0v) is 25.3. The number of hydrogen-bond acceptors (Lipinski definition) is 6. The van der Waals surface area contributed by atoms with E-state index in [-0.39, 0.29) is 35.2 Å². The fraction of sp³-hybridized carbons (Fsp3) is 0.545. The molecule has 7 rings (SSSR count).